The molecule has 0 atom stereocenters. The van der Waals surface area contributed by atoms with Gasteiger partial charge in [0.25, 0.3) is 0 Å². The number of hydrogen-bond donors (Lipinski definition) is 2. The summed E-state index contributed by atoms with van der Waals surface area (Å²) < 4.78 is 26.2. The average Bonchev–Trinajstić information content (AvgIpc) is 2.70. The fourth-order valence-electron chi connectivity index (χ4n) is 3.30. The zero-order valence-electron chi connectivity index (χ0n) is 15.9. The summed E-state index contributed by atoms with van der Waals surface area (Å²) in [6, 6.07) is 8.39. The maximum Gasteiger partial charge on any atom is 0.162 e. The van der Waals surface area contributed by atoms with Crippen molar-refractivity contribution in [1.29, 1.82) is 0 Å². The average molecular weight is 472 g/mol. The Hall–Kier alpha value is -1.34. The van der Waals surface area contributed by atoms with Crippen molar-refractivity contribution in [2.45, 2.75) is 26.0 Å². The van der Waals surface area contributed by atoms with Crippen molar-refractivity contribution < 1.29 is 13.9 Å². The number of rotatable bonds is 8. The lowest BCUT2D eigenvalue weighted by Gasteiger charge is -2.23. The van der Waals surface area contributed by atoms with Crippen molar-refractivity contribution in [2.75, 3.05) is 26.7 Å². The predicted octanol–water partition coefficient (Wildman–Crippen LogP) is 4.92. The topological polar surface area (TPSA) is 42.5 Å². The van der Waals surface area contributed by atoms with E-state index in [1.807, 2.05) is 12.1 Å². The first-order chi connectivity index (χ1) is 13.6. The van der Waals surface area contributed by atoms with Crippen molar-refractivity contribution in [2.24, 2.45) is 5.92 Å². The van der Waals surface area contributed by atoms with Crippen molar-refractivity contribution >= 4 is 27.5 Å². The van der Waals surface area contributed by atoms with Crippen molar-refractivity contribution in [3.05, 3.63) is 56.8 Å². The molecular formula is C21H25BrClFN2O2. The highest BCUT2D eigenvalue weighted by molar-refractivity contribution is 9.10. The van der Waals surface area contributed by atoms with Crippen molar-refractivity contribution in [1.82, 2.24) is 10.6 Å². The fraction of sp³-hybridized carbons (Fsp3) is 0.429. The van der Waals surface area contributed by atoms with Gasteiger partial charge in [-0.3, -0.25) is 0 Å². The van der Waals surface area contributed by atoms with E-state index < -0.39 is 0 Å². The van der Waals surface area contributed by atoms with E-state index in [1.165, 1.54) is 18.9 Å². The molecule has 3 rings (SSSR count). The van der Waals surface area contributed by atoms with Gasteiger partial charge in [-0.15, -0.1) is 0 Å². The Morgan fingerprint density at radius 2 is 2.04 bits per heavy atom. The van der Waals surface area contributed by atoms with Crippen molar-refractivity contribution in [3.63, 3.8) is 0 Å². The molecule has 0 saturated carbocycles. The van der Waals surface area contributed by atoms with Gasteiger partial charge in [0.05, 0.1) is 12.1 Å². The second kappa shape index (κ2) is 10.4. The first-order valence-corrected chi connectivity index (χ1v) is 10.6. The Balaban J connectivity index is 1.63. The van der Waals surface area contributed by atoms with E-state index in [0.717, 1.165) is 42.1 Å². The van der Waals surface area contributed by atoms with Crippen LogP contribution < -0.4 is 20.1 Å². The summed E-state index contributed by atoms with van der Waals surface area (Å²) in [6.45, 7) is 3.96. The molecule has 2 aromatic rings. The molecule has 2 aromatic carbocycles. The number of hydrogen-bond acceptors (Lipinski definition) is 4. The van der Waals surface area contributed by atoms with Crippen LogP contribution in [0.25, 0.3) is 0 Å². The van der Waals surface area contributed by atoms with Crippen LogP contribution in [-0.2, 0) is 13.2 Å². The Morgan fingerprint density at radius 3 is 2.75 bits per heavy atom. The van der Waals surface area contributed by atoms with Crippen LogP contribution in [0, 0.1) is 11.7 Å². The van der Waals surface area contributed by atoms with Crippen LogP contribution in [0.2, 0.25) is 5.02 Å². The van der Waals surface area contributed by atoms with Crippen LogP contribution in [0.3, 0.4) is 0 Å². The monoisotopic (exact) mass is 470 g/mol. The van der Waals surface area contributed by atoms with Gasteiger partial charge in [-0.2, -0.15) is 0 Å². The summed E-state index contributed by atoms with van der Waals surface area (Å²) in [5.74, 6) is 1.48. The van der Waals surface area contributed by atoms with Gasteiger partial charge in [0, 0.05) is 16.6 Å². The standard InChI is InChI=1S/C21H25BrClFN2O2/c1-27-20-9-15(12-26-11-14-5-7-25-8-6-14)17(22)10-21(20)28-13-16-18(23)3-2-4-19(16)24/h2-4,9-10,14,25-26H,5-8,11-13H2,1H3. The molecule has 28 heavy (non-hydrogen) atoms. The van der Waals surface area contributed by atoms with Crippen LogP contribution in [0.5, 0.6) is 11.5 Å². The molecule has 0 radical (unpaired) electrons. The normalized spacial score (nSPS) is 14.9. The maximum atomic E-state index is 14.0. The molecule has 4 nitrogen and oxygen atoms in total. The van der Waals surface area contributed by atoms with E-state index in [0.29, 0.717) is 22.1 Å². The number of piperidine rings is 1. The third kappa shape index (κ3) is 5.60. The zero-order valence-corrected chi connectivity index (χ0v) is 18.2. The second-order valence-corrected chi connectivity index (χ2v) is 8.17. The van der Waals surface area contributed by atoms with Crippen LogP contribution >= 0.6 is 27.5 Å². The number of benzene rings is 2. The molecular weight excluding hydrogens is 447 g/mol. The van der Waals surface area contributed by atoms with E-state index in [-0.39, 0.29) is 12.4 Å². The summed E-state index contributed by atoms with van der Waals surface area (Å²) in [5.41, 5.74) is 1.41. The lowest BCUT2D eigenvalue weighted by molar-refractivity contribution is 0.279. The minimum Gasteiger partial charge on any atom is -0.493 e. The third-order valence-corrected chi connectivity index (χ3v) is 6.07. The van der Waals surface area contributed by atoms with Gasteiger partial charge < -0.3 is 20.1 Å². The minimum atomic E-state index is -0.385. The Labute approximate surface area is 178 Å². The molecule has 1 fully saturated rings. The minimum absolute atomic E-state index is 0.0294. The largest absolute Gasteiger partial charge is 0.493 e. The molecule has 0 aromatic heterocycles. The number of nitrogens with one attached hydrogen (secondary N) is 2. The number of ether oxygens (including phenoxy) is 2. The van der Waals surface area contributed by atoms with Gasteiger partial charge in [-0.25, -0.2) is 4.39 Å². The van der Waals surface area contributed by atoms with E-state index in [2.05, 4.69) is 26.6 Å². The summed E-state index contributed by atoms with van der Waals surface area (Å²) in [6.07, 6.45) is 2.42. The van der Waals surface area contributed by atoms with E-state index >= 15 is 0 Å². The van der Waals surface area contributed by atoms with Gasteiger partial charge >= 0.3 is 0 Å². The highest BCUT2D eigenvalue weighted by Crippen LogP contribution is 2.34. The quantitative estimate of drug-likeness (QED) is 0.574. The smallest absolute Gasteiger partial charge is 0.162 e. The molecule has 1 aliphatic rings. The van der Waals surface area contributed by atoms with E-state index in [1.54, 1.807) is 19.2 Å². The number of halogens is 3. The van der Waals surface area contributed by atoms with Crippen LogP contribution in [0.4, 0.5) is 4.39 Å². The van der Waals surface area contributed by atoms with E-state index in [9.17, 15) is 4.39 Å². The van der Waals surface area contributed by atoms with Gasteiger partial charge in [0.2, 0.25) is 0 Å². The molecule has 7 heteroatoms. The highest BCUT2D eigenvalue weighted by Gasteiger charge is 2.15. The SMILES string of the molecule is COc1cc(CNCC2CCNCC2)c(Br)cc1OCc1c(F)cccc1Cl. The summed E-state index contributed by atoms with van der Waals surface area (Å²) >= 11 is 9.68. The molecule has 0 unspecified atom stereocenters. The molecule has 0 bridgehead atoms. The molecule has 2 N–H and O–H groups in total. The Bertz CT molecular complexity index is 780. The summed E-state index contributed by atoms with van der Waals surface area (Å²) in [4.78, 5) is 0. The van der Waals surface area contributed by atoms with Gasteiger partial charge in [0.15, 0.2) is 11.5 Å². The van der Waals surface area contributed by atoms with Crippen LogP contribution in [0.15, 0.2) is 34.8 Å². The summed E-state index contributed by atoms with van der Waals surface area (Å²) in [7, 11) is 1.60. The van der Waals surface area contributed by atoms with E-state index in [4.69, 9.17) is 21.1 Å². The first kappa shape index (κ1) is 21.4. The Morgan fingerprint density at radius 1 is 1.25 bits per heavy atom. The molecule has 1 saturated heterocycles. The zero-order chi connectivity index (χ0) is 19.9. The van der Waals surface area contributed by atoms with Crippen molar-refractivity contribution in [3.8, 4) is 11.5 Å². The van der Waals surface area contributed by atoms with Crippen LogP contribution in [0.1, 0.15) is 24.0 Å². The predicted molar refractivity (Wildman–Crippen MR) is 114 cm³/mol. The first-order valence-electron chi connectivity index (χ1n) is 9.42. The lowest BCUT2D eigenvalue weighted by Crippen LogP contribution is -2.33. The molecule has 152 valence electrons. The Kier molecular flexibility index (Phi) is 7.97. The third-order valence-electron chi connectivity index (χ3n) is 4.97. The van der Waals surface area contributed by atoms with Gasteiger partial charge in [-0.1, -0.05) is 33.6 Å². The van der Waals surface area contributed by atoms with Gasteiger partial charge in [-0.05, 0) is 68.2 Å². The molecule has 1 heterocycles. The summed E-state index contributed by atoms with van der Waals surface area (Å²) in [5, 5.41) is 7.27. The molecule has 1 aliphatic heterocycles. The molecule has 0 amide bonds. The molecule has 0 aliphatic carbocycles. The van der Waals surface area contributed by atoms with Gasteiger partial charge in [0.1, 0.15) is 12.4 Å². The molecule has 0 spiro atoms. The van der Waals surface area contributed by atoms with Crippen LogP contribution in [-0.4, -0.2) is 26.7 Å². The maximum absolute atomic E-state index is 14.0. The number of methoxy groups -OCH3 is 1. The lowest BCUT2D eigenvalue weighted by atomic mass is 9.98. The fourth-order valence-corrected chi connectivity index (χ4v) is 3.98. The highest BCUT2D eigenvalue weighted by atomic mass is 79.9. The second-order valence-electron chi connectivity index (χ2n) is 6.91.